The summed E-state index contributed by atoms with van der Waals surface area (Å²) in [6.45, 7) is 4.31. The van der Waals surface area contributed by atoms with Crippen LogP contribution in [0.25, 0.3) is 11.0 Å². The van der Waals surface area contributed by atoms with Gasteiger partial charge in [-0.25, -0.2) is 13.8 Å². The van der Waals surface area contributed by atoms with E-state index in [0.717, 1.165) is 22.9 Å². The van der Waals surface area contributed by atoms with E-state index >= 15 is 0 Å². The standard InChI is InChI=1S/C18H21F2N9O/c1-2-16(30)27-5-3-4-13(9-27)26-29-17-12(7-23-29)6-21-18(25-17)24-14-8-22-28(10-14)11-15(19)20/h2,6-8,10,13,15,26H,1,3-5,9,11H2,(H,21,24,25)/t13-/m1/s1. The Balaban J connectivity index is 1.48. The molecule has 0 spiro atoms. The normalized spacial score (nSPS) is 16.8. The molecule has 1 atom stereocenters. The van der Waals surface area contributed by atoms with Crippen molar-refractivity contribution in [2.24, 2.45) is 0 Å². The molecule has 0 bridgehead atoms. The molecule has 1 aliphatic rings. The molecule has 12 heteroatoms. The smallest absolute Gasteiger partial charge is 0.257 e. The molecule has 10 nitrogen and oxygen atoms in total. The molecule has 4 heterocycles. The summed E-state index contributed by atoms with van der Waals surface area (Å²) in [6, 6.07) is 0.0182. The molecular formula is C18H21F2N9O. The van der Waals surface area contributed by atoms with Crippen molar-refractivity contribution in [3.05, 3.63) is 37.4 Å². The largest absolute Gasteiger partial charge is 0.337 e. The lowest BCUT2D eigenvalue weighted by atomic mass is 10.1. The van der Waals surface area contributed by atoms with Crippen LogP contribution in [0, 0.1) is 0 Å². The second-order valence-electron chi connectivity index (χ2n) is 6.95. The predicted molar refractivity (Wildman–Crippen MR) is 106 cm³/mol. The summed E-state index contributed by atoms with van der Waals surface area (Å²) in [5.41, 5.74) is 4.34. The highest BCUT2D eigenvalue weighted by Crippen LogP contribution is 2.17. The fraction of sp³-hybridized carbons (Fsp3) is 0.389. The van der Waals surface area contributed by atoms with Crippen LogP contribution in [0.5, 0.6) is 0 Å². The number of aromatic nitrogens is 6. The van der Waals surface area contributed by atoms with Gasteiger partial charge in [0, 0.05) is 25.5 Å². The lowest BCUT2D eigenvalue weighted by Crippen LogP contribution is -2.46. The molecule has 158 valence electrons. The molecular weight excluding hydrogens is 396 g/mol. The number of carbonyl (C=O) groups excluding carboxylic acids is 1. The molecule has 3 aromatic heterocycles. The molecule has 1 fully saturated rings. The Bertz CT molecular complexity index is 1050. The summed E-state index contributed by atoms with van der Waals surface area (Å²) in [4.78, 5) is 23.9. The number of hydrogen-bond acceptors (Lipinski definition) is 7. The zero-order valence-electron chi connectivity index (χ0n) is 16.1. The van der Waals surface area contributed by atoms with E-state index in [2.05, 4.69) is 37.5 Å². The molecule has 0 saturated carbocycles. The minimum Gasteiger partial charge on any atom is -0.337 e. The van der Waals surface area contributed by atoms with Crippen LogP contribution >= 0.6 is 0 Å². The fourth-order valence-corrected chi connectivity index (χ4v) is 3.36. The van der Waals surface area contributed by atoms with Gasteiger partial charge in [-0.15, -0.1) is 0 Å². The lowest BCUT2D eigenvalue weighted by Gasteiger charge is -2.32. The van der Waals surface area contributed by atoms with Crippen molar-refractivity contribution >= 4 is 28.6 Å². The average molecular weight is 417 g/mol. The topological polar surface area (TPSA) is 106 Å². The van der Waals surface area contributed by atoms with E-state index < -0.39 is 13.0 Å². The SMILES string of the molecule is C=CC(=O)N1CCC[C@@H](Nn2ncc3cnc(Nc4cnn(CC(F)F)c4)nc32)C1. The van der Waals surface area contributed by atoms with E-state index in [1.165, 1.54) is 18.5 Å². The van der Waals surface area contributed by atoms with Crippen molar-refractivity contribution in [1.82, 2.24) is 34.5 Å². The maximum absolute atomic E-state index is 12.5. The number of amides is 1. The highest BCUT2D eigenvalue weighted by atomic mass is 19.3. The molecule has 4 rings (SSSR count). The Morgan fingerprint density at radius 3 is 3.00 bits per heavy atom. The van der Waals surface area contributed by atoms with Crippen molar-refractivity contribution in [2.75, 3.05) is 23.8 Å². The third kappa shape index (κ3) is 4.36. The zero-order valence-corrected chi connectivity index (χ0v) is 16.1. The third-order valence-corrected chi connectivity index (χ3v) is 4.74. The lowest BCUT2D eigenvalue weighted by molar-refractivity contribution is -0.127. The Labute approximate surface area is 170 Å². The molecule has 1 saturated heterocycles. The highest BCUT2D eigenvalue weighted by Gasteiger charge is 2.23. The summed E-state index contributed by atoms with van der Waals surface area (Å²) >= 11 is 0. The Kier molecular flexibility index (Phi) is 5.55. The number of fused-ring (bicyclic) bond motifs is 1. The van der Waals surface area contributed by atoms with Gasteiger partial charge < -0.3 is 15.6 Å². The van der Waals surface area contributed by atoms with Crippen molar-refractivity contribution in [1.29, 1.82) is 0 Å². The second-order valence-corrected chi connectivity index (χ2v) is 6.95. The molecule has 1 aliphatic heterocycles. The van der Waals surface area contributed by atoms with Gasteiger partial charge in [0.2, 0.25) is 11.9 Å². The number of rotatable bonds is 7. The maximum Gasteiger partial charge on any atom is 0.257 e. The Hall–Kier alpha value is -3.57. The minimum absolute atomic E-state index is 0.0182. The summed E-state index contributed by atoms with van der Waals surface area (Å²) < 4.78 is 26.1. The van der Waals surface area contributed by atoms with Crippen LogP contribution < -0.4 is 10.7 Å². The molecule has 0 aromatic carbocycles. The first kappa shape index (κ1) is 19.7. The monoisotopic (exact) mass is 417 g/mol. The van der Waals surface area contributed by atoms with Crippen molar-refractivity contribution in [3.8, 4) is 0 Å². The van der Waals surface area contributed by atoms with E-state index in [0.29, 0.717) is 24.4 Å². The van der Waals surface area contributed by atoms with Crippen LogP contribution in [0.15, 0.2) is 37.4 Å². The van der Waals surface area contributed by atoms with Gasteiger partial charge in [-0.05, 0) is 18.9 Å². The predicted octanol–water partition coefficient (Wildman–Crippen LogP) is 1.75. The number of anilines is 2. The van der Waals surface area contributed by atoms with Gasteiger partial charge in [-0.1, -0.05) is 6.58 Å². The van der Waals surface area contributed by atoms with E-state index in [4.69, 9.17) is 0 Å². The fourth-order valence-electron chi connectivity index (χ4n) is 3.36. The van der Waals surface area contributed by atoms with Gasteiger partial charge in [-0.2, -0.15) is 20.0 Å². The van der Waals surface area contributed by atoms with E-state index in [-0.39, 0.29) is 17.9 Å². The quantitative estimate of drug-likeness (QED) is 0.564. The summed E-state index contributed by atoms with van der Waals surface area (Å²) in [7, 11) is 0. The van der Waals surface area contributed by atoms with Crippen molar-refractivity contribution in [3.63, 3.8) is 0 Å². The molecule has 1 amide bonds. The van der Waals surface area contributed by atoms with Crippen molar-refractivity contribution in [2.45, 2.75) is 31.9 Å². The summed E-state index contributed by atoms with van der Waals surface area (Å²) in [5.74, 6) is 0.197. The second kappa shape index (κ2) is 8.43. The van der Waals surface area contributed by atoms with Gasteiger partial charge in [0.1, 0.15) is 6.54 Å². The summed E-state index contributed by atoms with van der Waals surface area (Å²) in [5, 5.41) is 11.9. The first-order valence-electron chi connectivity index (χ1n) is 9.48. The number of piperidine rings is 1. The van der Waals surface area contributed by atoms with E-state index in [9.17, 15) is 13.6 Å². The average Bonchev–Trinajstić information content (AvgIpc) is 3.34. The Morgan fingerprint density at radius 1 is 1.33 bits per heavy atom. The van der Waals surface area contributed by atoms with Crippen LogP contribution in [0.1, 0.15) is 12.8 Å². The van der Waals surface area contributed by atoms with Crippen LogP contribution in [0.3, 0.4) is 0 Å². The molecule has 0 aliphatic carbocycles. The number of halogens is 2. The molecule has 30 heavy (non-hydrogen) atoms. The number of hydrogen-bond donors (Lipinski definition) is 2. The third-order valence-electron chi connectivity index (χ3n) is 4.74. The first-order valence-corrected chi connectivity index (χ1v) is 9.48. The van der Waals surface area contributed by atoms with Gasteiger partial charge in [0.05, 0.1) is 29.5 Å². The van der Waals surface area contributed by atoms with Crippen LogP contribution in [0.2, 0.25) is 0 Å². The molecule has 2 N–H and O–H groups in total. The number of carbonyl (C=O) groups is 1. The van der Waals surface area contributed by atoms with Gasteiger partial charge >= 0.3 is 0 Å². The molecule has 0 radical (unpaired) electrons. The zero-order chi connectivity index (χ0) is 21.1. The molecule has 3 aromatic rings. The number of alkyl halides is 2. The van der Waals surface area contributed by atoms with E-state index in [1.54, 1.807) is 22.1 Å². The summed E-state index contributed by atoms with van der Waals surface area (Å²) in [6.07, 6.45) is 6.75. The maximum atomic E-state index is 12.5. The van der Waals surface area contributed by atoms with Crippen LogP contribution in [-0.4, -0.2) is 66.0 Å². The number of nitrogens with zero attached hydrogens (tertiary/aromatic N) is 7. The van der Waals surface area contributed by atoms with Crippen LogP contribution in [-0.2, 0) is 11.3 Å². The van der Waals surface area contributed by atoms with Gasteiger partial charge in [0.15, 0.2) is 5.65 Å². The van der Waals surface area contributed by atoms with Crippen molar-refractivity contribution < 1.29 is 13.6 Å². The number of likely N-dealkylation sites (tertiary alicyclic amines) is 1. The first-order chi connectivity index (χ1) is 14.5. The Morgan fingerprint density at radius 2 is 2.20 bits per heavy atom. The van der Waals surface area contributed by atoms with Gasteiger partial charge in [0.25, 0.3) is 6.43 Å². The van der Waals surface area contributed by atoms with Crippen LogP contribution in [0.4, 0.5) is 20.4 Å². The number of nitrogens with one attached hydrogen (secondary N) is 2. The van der Waals surface area contributed by atoms with Gasteiger partial charge in [-0.3, -0.25) is 9.48 Å². The van der Waals surface area contributed by atoms with E-state index in [1.807, 2.05) is 0 Å². The minimum atomic E-state index is -2.48. The molecule has 0 unspecified atom stereocenters. The highest BCUT2D eigenvalue weighted by molar-refractivity contribution is 5.87.